The lowest BCUT2D eigenvalue weighted by Crippen LogP contribution is -2.64. The lowest BCUT2D eigenvalue weighted by atomic mass is 9.82. The zero-order valence-corrected chi connectivity index (χ0v) is 14.2. The second-order valence-electron chi connectivity index (χ2n) is 6.98. The third kappa shape index (κ3) is 2.73. The summed E-state index contributed by atoms with van der Waals surface area (Å²) in [4.78, 5) is 21.4. The van der Waals surface area contributed by atoms with Gasteiger partial charge in [0.15, 0.2) is 0 Å². The molecule has 2 aromatic heterocycles. The summed E-state index contributed by atoms with van der Waals surface area (Å²) in [7, 11) is 0. The Hall–Kier alpha value is -2.14. The highest BCUT2D eigenvalue weighted by Crippen LogP contribution is 2.34. The standard InChI is InChI=1S/C19H23N3O2/c1-13-9-17(14(2)24-13)19(23)21-8-5-16-11-22(18(16)12-21)10-15-3-6-20-7-4-15/h3-4,6-7,9,16,18H,5,8,10-12H2,1-2H3/t16-,18-/m1/s1. The molecule has 0 radical (unpaired) electrons. The monoisotopic (exact) mass is 325 g/mol. The Morgan fingerprint density at radius 1 is 1.29 bits per heavy atom. The Morgan fingerprint density at radius 2 is 2.08 bits per heavy atom. The SMILES string of the molecule is Cc1cc(C(=O)N2CC[C@@H]3CN(Cc4ccncc4)[C@@H]3C2)c(C)o1. The molecule has 4 heterocycles. The van der Waals surface area contributed by atoms with Crippen molar-refractivity contribution in [2.24, 2.45) is 5.92 Å². The highest BCUT2D eigenvalue weighted by Gasteiger charge is 2.43. The van der Waals surface area contributed by atoms with E-state index in [1.54, 1.807) is 0 Å². The molecule has 0 unspecified atom stereocenters. The number of aromatic nitrogens is 1. The number of piperidine rings is 1. The molecule has 126 valence electrons. The molecular weight excluding hydrogens is 302 g/mol. The van der Waals surface area contributed by atoms with Crippen LogP contribution in [0.15, 0.2) is 35.0 Å². The Labute approximate surface area is 142 Å². The minimum Gasteiger partial charge on any atom is -0.466 e. The molecule has 0 spiro atoms. The maximum Gasteiger partial charge on any atom is 0.257 e. The quantitative estimate of drug-likeness (QED) is 0.870. The van der Waals surface area contributed by atoms with Crippen molar-refractivity contribution in [1.82, 2.24) is 14.8 Å². The number of carbonyl (C=O) groups is 1. The van der Waals surface area contributed by atoms with Crippen LogP contribution < -0.4 is 0 Å². The molecule has 0 bridgehead atoms. The highest BCUT2D eigenvalue weighted by atomic mass is 16.3. The topological polar surface area (TPSA) is 49.6 Å². The van der Waals surface area contributed by atoms with Crippen LogP contribution in [0.4, 0.5) is 0 Å². The van der Waals surface area contributed by atoms with Crippen molar-refractivity contribution in [3.8, 4) is 0 Å². The molecule has 5 heteroatoms. The summed E-state index contributed by atoms with van der Waals surface area (Å²) < 4.78 is 5.52. The van der Waals surface area contributed by atoms with Gasteiger partial charge in [0.05, 0.1) is 5.56 Å². The van der Waals surface area contributed by atoms with Gasteiger partial charge in [0, 0.05) is 44.6 Å². The maximum absolute atomic E-state index is 12.8. The molecule has 2 saturated heterocycles. The Balaban J connectivity index is 1.43. The first-order valence-electron chi connectivity index (χ1n) is 8.61. The van der Waals surface area contributed by atoms with Gasteiger partial charge < -0.3 is 9.32 Å². The van der Waals surface area contributed by atoms with Crippen LogP contribution in [0.2, 0.25) is 0 Å². The minimum absolute atomic E-state index is 0.110. The third-order valence-corrected chi connectivity index (χ3v) is 5.35. The predicted octanol–water partition coefficient (Wildman–Crippen LogP) is 2.64. The number of furan rings is 1. The van der Waals surface area contributed by atoms with Crippen LogP contribution in [0.3, 0.4) is 0 Å². The lowest BCUT2D eigenvalue weighted by Gasteiger charge is -2.53. The van der Waals surface area contributed by atoms with Crippen LogP contribution in [0.1, 0.15) is 33.9 Å². The second kappa shape index (κ2) is 6.06. The number of aryl methyl sites for hydroxylation is 2. The lowest BCUT2D eigenvalue weighted by molar-refractivity contribution is -0.0427. The van der Waals surface area contributed by atoms with E-state index in [1.807, 2.05) is 37.2 Å². The maximum atomic E-state index is 12.8. The van der Waals surface area contributed by atoms with Crippen LogP contribution in [0, 0.1) is 19.8 Å². The smallest absolute Gasteiger partial charge is 0.257 e. The normalized spacial score (nSPS) is 23.7. The molecule has 2 aliphatic heterocycles. The number of fused-ring (bicyclic) bond motifs is 1. The Bertz CT molecular complexity index is 740. The summed E-state index contributed by atoms with van der Waals surface area (Å²) in [6.45, 7) is 7.50. The number of hydrogen-bond acceptors (Lipinski definition) is 4. The average Bonchev–Trinajstić information content (AvgIpc) is 2.91. The summed E-state index contributed by atoms with van der Waals surface area (Å²) in [5, 5.41) is 0. The molecule has 4 rings (SSSR count). The van der Waals surface area contributed by atoms with Crippen molar-refractivity contribution in [2.45, 2.75) is 32.9 Å². The van der Waals surface area contributed by atoms with Gasteiger partial charge >= 0.3 is 0 Å². The van der Waals surface area contributed by atoms with Crippen LogP contribution in [0.25, 0.3) is 0 Å². The molecule has 5 nitrogen and oxygen atoms in total. The van der Waals surface area contributed by atoms with Gasteiger partial charge in [-0.25, -0.2) is 0 Å². The van der Waals surface area contributed by atoms with E-state index in [1.165, 1.54) is 5.56 Å². The van der Waals surface area contributed by atoms with Crippen molar-refractivity contribution >= 4 is 5.91 Å². The van der Waals surface area contributed by atoms with Gasteiger partial charge in [-0.05, 0) is 49.9 Å². The van der Waals surface area contributed by atoms with E-state index in [-0.39, 0.29) is 5.91 Å². The number of likely N-dealkylation sites (tertiary alicyclic amines) is 2. The van der Waals surface area contributed by atoms with Gasteiger partial charge in [-0.3, -0.25) is 14.7 Å². The summed E-state index contributed by atoms with van der Waals surface area (Å²) in [6.07, 6.45) is 4.78. The van der Waals surface area contributed by atoms with Gasteiger partial charge in [0.25, 0.3) is 5.91 Å². The zero-order chi connectivity index (χ0) is 16.7. The molecule has 2 atom stereocenters. The zero-order valence-electron chi connectivity index (χ0n) is 14.2. The fraction of sp³-hybridized carbons (Fsp3) is 0.474. The van der Waals surface area contributed by atoms with Crippen molar-refractivity contribution in [2.75, 3.05) is 19.6 Å². The summed E-state index contributed by atoms with van der Waals surface area (Å²) >= 11 is 0. The van der Waals surface area contributed by atoms with Crippen molar-refractivity contribution in [3.63, 3.8) is 0 Å². The minimum atomic E-state index is 0.110. The molecule has 1 amide bonds. The van der Waals surface area contributed by atoms with E-state index in [0.717, 1.165) is 50.0 Å². The first-order valence-corrected chi connectivity index (χ1v) is 8.61. The molecular formula is C19H23N3O2. The van der Waals surface area contributed by atoms with Crippen molar-refractivity contribution in [1.29, 1.82) is 0 Å². The van der Waals surface area contributed by atoms with Crippen LogP contribution in [-0.2, 0) is 6.54 Å². The first kappa shape index (κ1) is 15.4. The van der Waals surface area contributed by atoms with E-state index in [0.29, 0.717) is 11.6 Å². The van der Waals surface area contributed by atoms with Crippen molar-refractivity contribution < 1.29 is 9.21 Å². The van der Waals surface area contributed by atoms with Crippen LogP contribution in [0.5, 0.6) is 0 Å². The van der Waals surface area contributed by atoms with E-state index in [9.17, 15) is 4.79 Å². The van der Waals surface area contributed by atoms with E-state index in [4.69, 9.17) is 4.42 Å². The molecule has 0 saturated carbocycles. The highest BCUT2D eigenvalue weighted by molar-refractivity contribution is 5.95. The molecule has 2 fully saturated rings. The molecule has 0 N–H and O–H groups in total. The second-order valence-corrected chi connectivity index (χ2v) is 6.98. The van der Waals surface area contributed by atoms with E-state index < -0.39 is 0 Å². The molecule has 2 aromatic rings. The number of hydrogen-bond donors (Lipinski definition) is 0. The molecule has 0 aliphatic carbocycles. The van der Waals surface area contributed by atoms with Gasteiger partial charge in [-0.1, -0.05) is 0 Å². The van der Waals surface area contributed by atoms with E-state index in [2.05, 4.69) is 22.0 Å². The van der Waals surface area contributed by atoms with Crippen LogP contribution in [-0.4, -0.2) is 46.4 Å². The number of carbonyl (C=O) groups excluding carboxylic acids is 1. The van der Waals surface area contributed by atoms with Crippen molar-refractivity contribution in [3.05, 3.63) is 53.2 Å². The van der Waals surface area contributed by atoms with Gasteiger partial charge in [-0.15, -0.1) is 0 Å². The Kier molecular flexibility index (Phi) is 3.88. The number of amides is 1. The van der Waals surface area contributed by atoms with Crippen LogP contribution >= 0.6 is 0 Å². The number of nitrogens with zero attached hydrogens (tertiary/aromatic N) is 3. The number of rotatable bonds is 3. The third-order valence-electron chi connectivity index (χ3n) is 5.35. The predicted molar refractivity (Wildman–Crippen MR) is 90.6 cm³/mol. The average molecular weight is 325 g/mol. The largest absolute Gasteiger partial charge is 0.466 e. The summed E-state index contributed by atoms with van der Waals surface area (Å²) in [5.41, 5.74) is 2.00. The van der Waals surface area contributed by atoms with Gasteiger partial charge in [0.1, 0.15) is 11.5 Å². The fourth-order valence-electron chi connectivity index (χ4n) is 4.01. The first-order chi connectivity index (χ1) is 11.6. The van der Waals surface area contributed by atoms with Gasteiger partial charge in [-0.2, -0.15) is 0 Å². The molecule has 0 aromatic carbocycles. The molecule has 24 heavy (non-hydrogen) atoms. The van der Waals surface area contributed by atoms with Gasteiger partial charge in [0.2, 0.25) is 0 Å². The fourth-order valence-corrected chi connectivity index (χ4v) is 4.01. The summed E-state index contributed by atoms with van der Waals surface area (Å²) in [6, 6.07) is 6.47. The number of pyridine rings is 1. The van der Waals surface area contributed by atoms with E-state index >= 15 is 0 Å². The summed E-state index contributed by atoms with van der Waals surface area (Å²) in [5.74, 6) is 2.36. The Morgan fingerprint density at radius 3 is 2.79 bits per heavy atom. The molecule has 2 aliphatic rings.